The molecule has 1 aromatic heterocycles. The molecule has 7 nitrogen and oxygen atoms in total. The molecule has 4 N–H and O–H groups in total. The second-order valence-electron chi connectivity index (χ2n) is 9.61. The number of nitrogens with zero attached hydrogens (tertiary/aromatic N) is 3. The van der Waals surface area contributed by atoms with Gasteiger partial charge in [-0.15, -0.1) is 5.92 Å². The molecule has 2 aliphatic rings. The summed E-state index contributed by atoms with van der Waals surface area (Å²) in [5.41, 5.74) is 12.7. The number of nitrogens with two attached hydrogens (primary N) is 1. The van der Waals surface area contributed by atoms with Gasteiger partial charge >= 0.3 is 0 Å². The summed E-state index contributed by atoms with van der Waals surface area (Å²) in [6.45, 7) is 4.16. The number of aromatic nitrogens is 2. The molecule has 1 unspecified atom stereocenters. The second-order valence-corrected chi connectivity index (χ2v) is 9.61. The minimum atomic E-state index is -0.182. The number of hydrogen-bond donors (Lipinski definition) is 3. The highest BCUT2D eigenvalue weighted by Crippen LogP contribution is 2.30. The summed E-state index contributed by atoms with van der Waals surface area (Å²) in [5, 5.41) is 6.31. The van der Waals surface area contributed by atoms with Crippen molar-refractivity contribution < 1.29 is 4.79 Å². The molecule has 37 heavy (non-hydrogen) atoms. The Hall–Kier alpha value is -4.02. The van der Waals surface area contributed by atoms with Crippen LogP contribution in [0.4, 0.5) is 11.8 Å². The van der Waals surface area contributed by atoms with Gasteiger partial charge in [-0.1, -0.05) is 54.5 Å². The number of carbonyl (C=O) groups excluding carboxylic acids is 1. The lowest BCUT2D eigenvalue weighted by Crippen LogP contribution is -2.44. The summed E-state index contributed by atoms with van der Waals surface area (Å²) < 4.78 is 1.92. The standard InChI is InChI=1S/C30H34N6O/c1-3-4-16-36-27(28(32-2)34-30(36)35-15-9-13-25(31)20-35)29(37)33-19-24-18-22-11-6-5-10-21(22)17-23-12-7-8-14-26(23)24/h5-8,10-12,14,18,25,32H,9,13,15-17,19-20,31H2,1-2H3,(H,33,37). The Morgan fingerprint density at radius 1 is 1.16 bits per heavy atom. The minimum Gasteiger partial charge on any atom is -0.371 e. The maximum Gasteiger partial charge on any atom is 0.272 e. The first-order valence-corrected chi connectivity index (χ1v) is 12.9. The van der Waals surface area contributed by atoms with Crippen LogP contribution in [0.25, 0.3) is 11.6 Å². The zero-order chi connectivity index (χ0) is 25.8. The first-order valence-electron chi connectivity index (χ1n) is 12.9. The Bertz CT molecular complexity index is 1390. The Kier molecular flexibility index (Phi) is 7.29. The predicted octanol–water partition coefficient (Wildman–Crippen LogP) is 3.75. The highest BCUT2D eigenvalue weighted by Gasteiger charge is 2.28. The lowest BCUT2D eigenvalue weighted by molar-refractivity contribution is 0.0951. The number of piperidine rings is 1. The van der Waals surface area contributed by atoms with Crippen molar-refractivity contribution in [1.29, 1.82) is 0 Å². The van der Waals surface area contributed by atoms with Crippen LogP contribution >= 0.6 is 0 Å². The number of imidazole rings is 1. The van der Waals surface area contributed by atoms with E-state index in [1.165, 1.54) is 22.3 Å². The average molecular weight is 495 g/mol. The number of carbonyl (C=O) groups is 1. The van der Waals surface area contributed by atoms with Crippen molar-refractivity contribution in [2.75, 3.05) is 36.9 Å². The lowest BCUT2D eigenvalue weighted by atomic mass is 9.98. The van der Waals surface area contributed by atoms with Crippen LogP contribution in [0.5, 0.6) is 0 Å². The van der Waals surface area contributed by atoms with Crippen LogP contribution in [0.3, 0.4) is 0 Å². The molecule has 3 aromatic rings. The smallest absolute Gasteiger partial charge is 0.272 e. The molecule has 1 saturated heterocycles. The van der Waals surface area contributed by atoms with Gasteiger partial charge in [0, 0.05) is 32.7 Å². The molecule has 1 aliphatic heterocycles. The third-order valence-electron chi connectivity index (χ3n) is 7.12. The summed E-state index contributed by atoms with van der Waals surface area (Å²) in [5.74, 6) is 7.18. The minimum absolute atomic E-state index is 0.0941. The predicted molar refractivity (Wildman–Crippen MR) is 151 cm³/mol. The molecule has 1 amide bonds. The maximum absolute atomic E-state index is 13.7. The van der Waals surface area contributed by atoms with Crippen molar-refractivity contribution in [2.45, 2.75) is 38.8 Å². The van der Waals surface area contributed by atoms with E-state index in [1.54, 1.807) is 14.0 Å². The highest BCUT2D eigenvalue weighted by molar-refractivity contribution is 5.99. The average Bonchev–Trinajstić information content (AvgIpc) is 3.21. The highest BCUT2D eigenvalue weighted by atomic mass is 16.2. The van der Waals surface area contributed by atoms with Gasteiger partial charge in [0.25, 0.3) is 5.91 Å². The van der Waals surface area contributed by atoms with E-state index < -0.39 is 0 Å². The number of anilines is 2. The van der Waals surface area contributed by atoms with Gasteiger partial charge in [0.05, 0.1) is 6.54 Å². The second kappa shape index (κ2) is 10.9. The van der Waals surface area contributed by atoms with Gasteiger partial charge in [-0.25, -0.2) is 0 Å². The topological polar surface area (TPSA) is 88.2 Å². The SMILES string of the molecule is CC#CCn1c(N2CCCC(N)C2)nc(NC)c1C(=O)NCC1=Cc2ccccc2Cc2ccccc21. The van der Waals surface area contributed by atoms with Crippen LogP contribution in [0, 0.1) is 11.8 Å². The fraction of sp³-hybridized carbons (Fsp3) is 0.333. The van der Waals surface area contributed by atoms with Gasteiger partial charge in [0.15, 0.2) is 11.5 Å². The quantitative estimate of drug-likeness (QED) is 0.454. The van der Waals surface area contributed by atoms with Crippen molar-refractivity contribution in [3.05, 3.63) is 76.5 Å². The molecule has 7 heteroatoms. The molecule has 2 aromatic carbocycles. The molecule has 0 radical (unpaired) electrons. The number of rotatable bonds is 6. The number of amides is 1. The third kappa shape index (κ3) is 5.11. The molecule has 190 valence electrons. The van der Waals surface area contributed by atoms with Gasteiger partial charge in [0.2, 0.25) is 5.95 Å². The van der Waals surface area contributed by atoms with Gasteiger partial charge in [-0.3, -0.25) is 9.36 Å². The molecular formula is C30H34N6O. The van der Waals surface area contributed by atoms with E-state index in [0.29, 0.717) is 31.1 Å². The van der Waals surface area contributed by atoms with E-state index >= 15 is 0 Å². The summed E-state index contributed by atoms with van der Waals surface area (Å²) in [4.78, 5) is 20.7. The normalized spacial score (nSPS) is 16.5. The first kappa shape index (κ1) is 24.7. The number of fused-ring (bicyclic) bond motifs is 2. The summed E-state index contributed by atoms with van der Waals surface area (Å²) >= 11 is 0. The third-order valence-corrected chi connectivity index (χ3v) is 7.12. The van der Waals surface area contributed by atoms with E-state index in [1.807, 2.05) is 4.57 Å². The first-order chi connectivity index (χ1) is 18.1. The van der Waals surface area contributed by atoms with Crippen molar-refractivity contribution >= 4 is 29.3 Å². The molecule has 1 atom stereocenters. The van der Waals surface area contributed by atoms with E-state index in [2.05, 4.69) is 82.0 Å². The summed E-state index contributed by atoms with van der Waals surface area (Å²) in [6, 6.07) is 17.0. The molecule has 1 fully saturated rings. The van der Waals surface area contributed by atoms with Gasteiger partial charge in [-0.2, -0.15) is 4.98 Å². The summed E-state index contributed by atoms with van der Waals surface area (Å²) in [7, 11) is 1.79. The van der Waals surface area contributed by atoms with Crippen molar-refractivity contribution in [2.24, 2.45) is 5.73 Å². The fourth-order valence-electron chi connectivity index (χ4n) is 5.29. The van der Waals surface area contributed by atoms with Crippen LogP contribution in [0.1, 0.15) is 52.5 Å². The molecular weight excluding hydrogens is 460 g/mol. The number of hydrogen-bond acceptors (Lipinski definition) is 5. The monoisotopic (exact) mass is 494 g/mol. The molecule has 5 rings (SSSR count). The molecule has 0 saturated carbocycles. The largest absolute Gasteiger partial charge is 0.371 e. The Balaban J connectivity index is 1.47. The van der Waals surface area contributed by atoms with Crippen molar-refractivity contribution in [1.82, 2.24) is 14.9 Å². The van der Waals surface area contributed by atoms with Gasteiger partial charge in [-0.05, 0) is 60.1 Å². The maximum atomic E-state index is 13.7. The van der Waals surface area contributed by atoms with E-state index in [-0.39, 0.29) is 11.9 Å². The zero-order valence-electron chi connectivity index (χ0n) is 21.6. The molecule has 1 aliphatic carbocycles. The van der Waals surface area contributed by atoms with Crippen LogP contribution in [-0.2, 0) is 13.0 Å². The van der Waals surface area contributed by atoms with Crippen LogP contribution in [-0.4, -0.2) is 48.2 Å². The Morgan fingerprint density at radius 3 is 2.73 bits per heavy atom. The Morgan fingerprint density at radius 2 is 1.95 bits per heavy atom. The van der Waals surface area contributed by atoms with Crippen LogP contribution in [0.2, 0.25) is 0 Å². The van der Waals surface area contributed by atoms with E-state index in [0.717, 1.165) is 37.3 Å². The zero-order valence-corrected chi connectivity index (χ0v) is 21.6. The van der Waals surface area contributed by atoms with Crippen LogP contribution < -0.4 is 21.3 Å². The fourth-order valence-corrected chi connectivity index (χ4v) is 5.29. The molecule has 0 bridgehead atoms. The van der Waals surface area contributed by atoms with Crippen molar-refractivity contribution in [3.63, 3.8) is 0 Å². The molecule has 0 spiro atoms. The summed E-state index contributed by atoms with van der Waals surface area (Å²) in [6.07, 6.45) is 5.06. The lowest BCUT2D eigenvalue weighted by Gasteiger charge is -2.31. The Labute approximate surface area is 218 Å². The van der Waals surface area contributed by atoms with Crippen molar-refractivity contribution in [3.8, 4) is 11.8 Å². The van der Waals surface area contributed by atoms with E-state index in [9.17, 15) is 4.79 Å². The number of nitrogens with one attached hydrogen (secondary N) is 2. The van der Waals surface area contributed by atoms with E-state index in [4.69, 9.17) is 10.7 Å². The van der Waals surface area contributed by atoms with Gasteiger partial charge < -0.3 is 21.3 Å². The number of benzene rings is 2. The molecule has 2 heterocycles. The van der Waals surface area contributed by atoms with Gasteiger partial charge in [0.1, 0.15) is 0 Å². The van der Waals surface area contributed by atoms with Crippen LogP contribution in [0.15, 0.2) is 48.5 Å².